The first-order valence-electron chi connectivity index (χ1n) is 13.3. The highest BCUT2D eigenvalue weighted by Gasteiger charge is 2.48. The molecule has 2 aromatic rings. The minimum Gasteiger partial charge on any atom is -0.494 e. The van der Waals surface area contributed by atoms with Gasteiger partial charge >= 0.3 is 0 Å². The first-order chi connectivity index (χ1) is 19.1. The summed E-state index contributed by atoms with van der Waals surface area (Å²) in [5, 5.41) is -0.0727. The number of hydrogen-bond donors (Lipinski definition) is 0. The predicted octanol–water partition coefficient (Wildman–Crippen LogP) is 6.14. The maximum atomic E-state index is 6.38. The lowest BCUT2D eigenvalue weighted by atomic mass is 9.95. The first kappa shape index (κ1) is 30.9. The highest BCUT2D eigenvalue weighted by Crippen LogP contribution is 2.46. The summed E-state index contributed by atoms with van der Waals surface area (Å²) in [5.41, 5.74) is 3.38. The molecule has 0 spiro atoms. The van der Waals surface area contributed by atoms with E-state index in [1.165, 1.54) is 5.56 Å². The molecule has 1 aliphatic rings. The molecule has 7 heteroatoms. The van der Waals surface area contributed by atoms with E-state index in [0.29, 0.717) is 39.6 Å². The molecule has 1 fully saturated rings. The van der Waals surface area contributed by atoms with Gasteiger partial charge in [-0.1, -0.05) is 42.5 Å². The zero-order valence-electron chi connectivity index (χ0n) is 22.9. The van der Waals surface area contributed by atoms with E-state index in [4.69, 9.17) is 23.7 Å². The molecular weight excluding hydrogens is 510 g/mol. The third kappa shape index (κ3) is 9.19. The zero-order chi connectivity index (χ0) is 27.9. The normalized spacial score (nSPS) is 22.6. The number of benzene rings is 1. The highest BCUT2D eigenvalue weighted by atomic mass is 32.2. The van der Waals surface area contributed by atoms with E-state index in [2.05, 4.69) is 49.5 Å². The van der Waals surface area contributed by atoms with E-state index in [1.807, 2.05) is 31.5 Å². The quantitative estimate of drug-likeness (QED) is 0.163. The van der Waals surface area contributed by atoms with Crippen molar-refractivity contribution in [1.29, 1.82) is 0 Å². The van der Waals surface area contributed by atoms with Crippen LogP contribution >= 0.6 is 11.8 Å². The van der Waals surface area contributed by atoms with E-state index < -0.39 is 0 Å². The SMILES string of the molecule is C=CCOC[C@H]1S[C@@H](c2cncc(Cc3ccc(OCC)cc3)c2)[C@H](OCC=C)[C@@H](OCC=C)[C@@H]1OCC=C. The van der Waals surface area contributed by atoms with Crippen molar-refractivity contribution in [3.05, 3.63) is 110 Å². The summed E-state index contributed by atoms with van der Waals surface area (Å²) in [5.74, 6) is 0.873. The molecule has 0 aliphatic carbocycles. The fourth-order valence-corrected chi connectivity index (χ4v) is 6.18. The van der Waals surface area contributed by atoms with Crippen LogP contribution in [0.1, 0.15) is 28.9 Å². The second-order valence-electron chi connectivity index (χ2n) is 9.06. The average molecular weight is 552 g/mol. The molecule has 2 heterocycles. The number of pyridine rings is 1. The van der Waals surface area contributed by atoms with Gasteiger partial charge in [-0.25, -0.2) is 0 Å². The van der Waals surface area contributed by atoms with Gasteiger partial charge in [-0.15, -0.1) is 38.1 Å². The molecule has 1 aromatic carbocycles. The molecule has 3 rings (SSSR count). The molecule has 39 heavy (non-hydrogen) atoms. The van der Waals surface area contributed by atoms with Gasteiger partial charge in [0, 0.05) is 12.4 Å². The van der Waals surface area contributed by atoms with Gasteiger partial charge in [0.2, 0.25) is 0 Å². The molecule has 0 radical (unpaired) electrons. The van der Waals surface area contributed by atoms with E-state index in [9.17, 15) is 0 Å². The molecule has 0 amide bonds. The maximum absolute atomic E-state index is 6.38. The van der Waals surface area contributed by atoms with Crippen LogP contribution in [0.25, 0.3) is 0 Å². The Morgan fingerprint density at radius 1 is 0.795 bits per heavy atom. The number of nitrogens with zero attached hydrogens (tertiary/aromatic N) is 1. The Kier molecular flexibility index (Phi) is 13.5. The van der Waals surface area contributed by atoms with Crippen molar-refractivity contribution < 1.29 is 23.7 Å². The zero-order valence-corrected chi connectivity index (χ0v) is 23.7. The van der Waals surface area contributed by atoms with Crippen LogP contribution in [0.3, 0.4) is 0 Å². The summed E-state index contributed by atoms with van der Waals surface area (Å²) in [6.45, 7) is 20.0. The number of aromatic nitrogens is 1. The van der Waals surface area contributed by atoms with Crippen molar-refractivity contribution in [2.45, 2.75) is 42.2 Å². The Hall–Kier alpha value is -2.68. The van der Waals surface area contributed by atoms with Crippen LogP contribution in [-0.4, -0.2) is 68.2 Å². The number of rotatable bonds is 18. The van der Waals surface area contributed by atoms with Gasteiger partial charge in [-0.05, 0) is 42.2 Å². The van der Waals surface area contributed by atoms with Crippen LogP contribution in [0, 0.1) is 0 Å². The lowest BCUT2D eigenvalue weighted by Gasteiger charge is -2.45. The molecule has 210 valence electrons. The van der Waals surface area contributed by atoms with Gasteiger partial charge in [0.1, 0.15) is 24.1 Å². The van der Waals surface area contributed by atoms with Crippen molar-refractivity contribution in [3.63, 3.8) is 0 Å². The third-order valence-corrected chi connectivity index (χ3v) is 7.75. The van der Waals surface area contributed by atoms with Gasteiger partial charge in [-0.2, -0.15) is 0 Å². The Morgan fingerprint density at radius 3 is 2.08 bits per heavy atom. The minimum atomic E-state index is -0.360. The number of ether oxygens (including phenoxy) is 5. The molecule has 6 nitrogen and oxygen atoms in total. The Balaban J connectivity index is 1.93. The molecule has 1 saturated heterocycles. The van der Waals surface area contributed by atoms with Gasteiger partial charge in [0.25, 0.3) is 0 Å². The highest BCUT2D eigenvalue weighted by molar-refractivity contribution is 8.00. The standard InChI is InChI=1S/C32H41NO5S/c1-6-15-34-23-28-29(36-16-7-2)30(37-17-8-3)31(38-18-9-4)32(39-28)26-20-25(21-33-22-26)19-24-11-13-27(14-12-24)35-10-5/h6-9,11-14,20-22,28-32H,1-4,10,15-19,23H2,5H3/t28-,29-,30+,31-,32+/m1/s1. The fourth-order valence-electron chi connectivity index (χ4n) is 4.56. The molecule has 0 N–H and O–H groups in total. The van der Waals surface area contributed by atoms with Crippen molar-refractivity contribution in [2.24, 2.45) is 0 Å². The second-order valence-corrected chi connectivity index (χ2v) is 10.4. The van der Waals surface area contributed by atoms with Crippen LogP contribution in [0.4, 0.5) is 0 Å². The van der Waals surface area contributed by atoms with Crippen LogP contribution < -0.4 is 4.74 Å². The van der Waals surface area contributed by atoms with Crippen LogP contribution in [0.5, 0.6) is 5.75 Å². The Bertz CT molecular complexity index is 1040. The number of hydrogen-bond acceptors (Lipinski definition) is 7. The van der Waals surface area contributed by atoms with E-state index in [1.54, 1.807) is 36.1 Å². The molecule has 0 saturated carbocycles. The van der Waals surface area contributed by atoms with Gasteiger partial charge in [0.15, 0.2) is 0 Å². The molecule has 0 unspecified atom stereocenters. The topological polar surface area (TPSA) is 59.0 Å². The second kappa shape index (κ2) is 17.1. The number of thioether (sulfide) groups is 1. The largest absolute Gasteiger partial charge is 0.494 e. The fraction of sp³-hybridized carbons (Fsp3) is 0.406. The third-order valence-electron chi connectivity index (χ3n) is 6.16. The van der Waals surface area contributed by atoms with Crippen molar-refractivity contribution in [2.75, 3.05) is 39.6 Å². The molecular formula is C32H41NO5S. The summed E-state index contributed by atoms with van der Waals surface area (Å²) in [6.07, 6.45) is 10.7. The molecule has 1 aromatic heterocycles. The van der Waals surface area contributed by atoms with Gasteiger partial charge in [-0.3, -0.25) is 4.98 Å². The van der Waals surface area contributed by atoms with Crippen molar-refractivity contribution >= 4 is 11.8 Å². The van der Waals surface area contributed by atoms with E-state index >= 15 is 0 Å². The van der Waals surface area contributed by atoms with Crippen molar-refractivity contribution in [1.82, 2.24) is 4.98 Å². The monoisotopic (exact) mass is 551 g/mol. The van der Waals surface area contributed by atoms with E-state index in [0.717, 1.165) is 23.3 Å². The van der Waals surface area contributed by atoms with Gasteiger partial charge < -0.3 is 23.7 Å². The summed E-state index contributed by atoms with van der Waals surface area (Å²) >= 11 is 1.77. The smallest absolute Gasteiger partial charge is 0.119 e. The molecule has 1 aliphatic heterocycles. The summed E-state index contributed by atoms with van der Waals surface area (Å²) < 4.78 is 30.5. The molecule has 5 atom stereocenters. The first-order valence-corrected chi connectivity index (χ1v) is 14.3. The van der Waals surface area contributed by atoms with E-state index in [-0.39, 0.29) is 28.8 Å². The van der Waals surface area contributed by atoms with Crippen LogP contribution in [-0.2, 0) is 25.4 Å². The van der Waals surface area contributed by atoms with Gasteiger partial charge in [0.05, 0.1) is 50.1 Å². The summed E-state index contributed by atoms with van der Waals surface area (Å²) in [4.78, 5) is 4.61. The summed E-state index contributed by atoms with van der Waals surface area (Å²) in [7, 11) is 0. The summed E-state index contributed by atoms with van der Waals surface area (Å²) in [6, 6.07) is 10.4. The predicted molar refractivity (Wildman–Crippen MR) is 160 cm³/mol. The lowest BCUT2D eigenvalue weighted by Crippen LogP contribution is -2.55. The minimum absolute atomic E-state index is 0.0111. The molecule has 0 bridgehead atoms. The lowest BCUT2D eigenvalue weighted by molar-refractivity contribution is -0.136. The van der Waals surface area contributed by atoms with Crippen LogP contribution in [0.2, 0.25) is 0 Å². The Labute approximate surface area is 237 Å². The van der Waals surface area contributed by atoms with Crippen molar-refractivity contribution in [3.8, 4) is 5.75 Å². The average Bonchev–Trinajstić information content (AvgIpc) is 2.95. The Morgan fingerprint density at radius 2 is 1.44 bits per heavy atom. The maximum Gasteiger partial charge on any atom is 0.119 e. The van der Waals surface area contributed by atoms with Crippen LogP contribution in [0.15, 0.2) is 93.3 Å².